The maximum absolute atomic E-state index is 10.4. The number of ketones is 2. The molecule has 0 unspecified atom stereocenters. The minimum atomic E-state index is 0.125. The summed E-state index contributed by atoms with van der Waals surface area (Å²) >= 11 is 0. The van der Waals surface area contributed by atoms with Gasteiger partial charge in [-0.25, -0.2) is 0 Å². The van der Waals surface area contributed by atoms with Crippen molar-refractivity contribution in [2.45, 2.75) is 26.7 Å². The van der Waals surface area contributed by atoms with Gasteiger partial charge in [-0.15, -0.1) is 0 Å². The average Bonchev–Trinajstić information content (AvgIpc) is 1.79. The Labute approximate surface area is 60.9 Å². The summed E-state index contributed by atoms with van der Waals surface area (Å²) in [5, 5.41) is 0. The molecule has 0 radical (unpaired) electrons. The first-order valence-corrected chi connectivity index (χ1v) is 3.27. The highest BCUT2D eigenvalue weighted by Gasteiger charge is 1.87. The predicted molar refractivity (Wildman–Crippen MR) is 39.7 cm³/mol. The topological polar surface area (TPSA) is 34.1 Å². The molecule has 0 saturated heterocycles. The third-order valence-electron chi connectivity index (χ3n) is 0.977. The summed E-state index contributed by atoms with van der Waals surface area (Å²) in [4.78, 5) is 20.7. The number of allylic oxidation sites excluding steroid dienone is 2. The first-order valence-electron chi connectivity index (χ1n) is 3.27. The molecule has 0 rings (SSSR count). The lowest BCUT2D eigenvalue weighted by molar-refractivity contribution is -0.117. The van der Waals surface area contributed by atoms with Gasteiger partial charge in [0.2, 0.25) is 0 Å². The molecule has 0 aromatic heterocycles. The van der Waals surface area contributed by atoms with E-state index in [-0.39, 0.29) is 11.6 Å². The van der Waals surface area contributed by atoms with Gasteiger partial charge in [0, 0.05) is 12.8 Å². The Hall–Kier alpha value is -0.920. The van der Waals surface area contributed by atoms with Crippen molar-refractivity contribution in [3.05, 3.63) is 12.2 Å². The molecule has 0 aromatic rings. The summed E-state index contributed by atoms with van der Waals surface area (Å²) in [5.74, 6) is 0.250. The van der Waals surface area contributed by atoms with E-state index in [0.717, 1.165) is 0 Å². The number of hydrogen-bond donors (Lipinski definition) is 0. The van der Waals surface area contributed by atoms with Crippen LogP contribution < -0.4 is 0 Å². The van der Waals surface area contributed by atoms with Crippen molar-refractivity contribution in [3.8, 4) is 0 Å². The molecule has 0 aliphatic rings. The van der Waals surface area contributed by atoms with E-state index >= 15 is 0 Å². The molecular weight excluding hydrogens is 128 g/mol. The molecule has 10 heavy (non-hydrogen) atoms. The van der Waals surface area contributed by atoms with E-state index in [1.807, 2.05) is 0 Å². The van der Waals surface area contributed by atoms with E-state index in [0.29, 0.717) is 12.8 Å². The van der Waals surface area contributed by atoms with Crippen LogP contribution in [0.3, 0.4) is 0 Å². The van der Waals surface area contributed by atoms with Gasteiger partial charge >= 0.3 is 0 Å². The van der Waals surface area contributed by atoms with Crippen LogP contribution in [-0.4, -0.2) is 11.6 Å². The van der Waals surface area contributed by atoms with Crippen LogP contribution in [0.25, 0.3) is 0 Å². The molecule has 0 bridgehead atoms. The van der Waals surface area contributed by atoms with Crippen molar-refractivity contribution < 1.29 is 9.59 Å². The second-order valence-electron chi connectivity index (χ2n) is 2.28. The van der Waals surface area contributed by atoms with Gasteiger partial charge < -0.3 is 0 Å². The van der Waals surface area contributed by atoms with Crippen molar-refractivity contribution in [1.29, 1.82) is 0 Å². The van der Waals surface area contributed by atoms with Gasteiger partial charge in [-0.3, -0.25) is 9.59 Å². The van der Waals surface area contributed by atoms with Crippen LogP contribution in [0.5, 0.6) is 0 Å². The minimum absolute atomic E-state index is 0.125. The molecule has 0 heterocycles. The van der Waals surface area contributed by atoms with Crippen LogP contribution in [0, 0.1) is 0 Å². The zero-order chi connectivity index (χ0) is 7.98. The molecule has 0 aliphatic carbocycles. The molecule has 0 amide bonds. The molecule has 0 N–H and O–H groups in total. The second-order valence-corrected chi connectivity index (χ2v) is 2.28. The summed E-state index contributed by atoms with van der Waals surface area (Å²) in [6.07, 6.45) is 4.33. The monoisotopic (exact) mass is 140 g/mol. The van der Waals surface area contributed by atoms with Gasteiger partial charge in [0.1, 0.15) is 11.6 Å². The van der Waals surface area contributed by atoms with Crippen LogP contribution >= 0.6 is 0 Å². The fourth-order valence-corrected chi connectivity index (χ4v) is 0.499. The maximum atomic E-state index is 10.4. The van der Waals surface area contributed by atoms with Gasteiger partial charge in [-0.05, 0) is 13.8 Å². The quantitative estimate of drug-likeness (QED) is 0.554. The Bertz CT molecular complexity index is 139. The first-order chi connectivity index (χ1) is 4.63. The number of hydrogen-bond acceptors (Lipinski definition) is 2. The molecule has 0 fully saturated rings. The van der Waals surface area contributed by atoms with Crippen LogP contribution in [0.15, 0.2) is 12.2 Å². The molecule has 2 nitrogen and oxygen atoms in total. The summed E-state index contributed by atoms with van der Waals surface area (Å²) in [5.41, 5.74) is 0. The maximum Gasteiger partial charge on any atom is 0.133 e. The number of carbonyl (C=O) groups excluding carboxylic acids is 2. The van der Waals surface area contributed by atoms with E-state index in [4.69, 9.17) is 0 Å². The third-order valence-corrected chi connectivity index (χ3v) is 0.977. The smallest absolute Gasteiger partial charge is 0.133 e. The Morgan fingerprint density at radius 1 is 1.00 bits per heavy atom. The van der Waals surface area contributed by atoms with E-state index in [9.17, 15) is 9.59 Å². The van der Waals surface area contributed by atoms with E-state index in [1.54, 1.807) is 12.2 Å². The average molecular weight is 140 g/mol. The largest absolute Gasteiger partial charge is 0.300 e. The van der Waals surface area contributed by atoms with E-state index in [1.165, 1.54) is 13.8 Å². The van der Waals surface area contributed by atoms with Gasteiger partial charge in [-0.1, -0.05) is 12.2 Å². The summed E-state index contributed by atoms with van der Waals surface area (Å²) in [7, 11) is 0. The molecule has 56 valence electrons. The standard InChI is InChI=1S/C8H12O2/c1-7(9)5-3-4-6-8(2)10/h3-4H,5-6H2,1-2H3/b4-3+. The minimum Gasteiger partial charge on any atom is -0.300 e. The van der Waals surface area contributed by atoms with Gasteiger partial charge in [-0.2, -0.15) is 0 Å². The van der Waals surface area contributed by atoms with Crippen LogP contribution in [0.2, 0.25) is 0 Å². The van der Waals surface area contributed by atoms with Gasteiger partial charge in [0.15, 0.2) is 0 Å². The number of rotatable bonds is 4. The normalized spacial score (nSPS) is 10.2. The molecule has 0 spiro atoms. The van der Waals surface area contributed by atoms with Gasteiger partial charge in [0.25, 0.3) is 0 Å². The highest BCUT2D eigenvalue weighted by Crippen LogP contribution is 1.88. The Morgan fingerprint density at radius 2 is 1.30 bits per heavy atom. The Morgan fingerprint density at radius 3 is 1.50 bits per heavy atom. The second kappa shape index (κ2) is 4.91. The predicted octanol–water partition coefficient (Wildman–Crippen LogP) is 1.50. The molecule has 0 saturated carbocycles. The first kappa shape index (κ1) is 9.08. The molecule has 0 aliphatic heterocycles. The number of carbonyl (C=O) groups is 2. The molecular formula is C8H12O2. The zero-order valence-corrected chi connectivity index (χ0v) is 6.39. The SMILES string of the molecule is CC(=O)C/C=C/CC(C)=O. The van der Waals surface area contributed by atoms with Crippen molar-refractivity contribution in [2.75, 3.05) is 0 Å². The highest BCUT2D eigenvalue weighted by atomic mass is 16.1. The van der Waals surface area contributed by atoms with E-state index < -0.39 is 0 Å². The number of Topliss-reactive ketones (excluding diaryl/α,β-unsaturated/α-hetero) is 2. The third kappa shape index (κ3) is 7.08. The fraction of sp³-hybridized carbons (Fsp3) is 0.500. The molecule has 2 heteroatoms. The Balaban J connectivity index is 3.38. The lowest BCUT2D eigenvalue weighted by atomic mass is 10.2. The van der Waals surface area contributed by atoms with Crippen LogP contribution in [0.1, 0.15) is 26.7 Å². The van der Waals surface area contributed by atoms with Crippen molar-refractivity contribution in [1.82, 2.24) is 0 Å². The zero-order valence-electron chi connectivity index (χ0n) is 6.39. The summed E-state index contributed by atoms with van der Waals surface area (Å²) in [6.45, 7) is 3.05. The summed E-state index contributed by atoms with van der Waals surface area (Å²) < 4.78 is 0. The fourth-order valence-electron chi connectivity index (χ4n) is 0.499. The van der Waals surface area contributed by atoms with Crippen LogP contribution in [-0.2, 0) is 9.59 Å². The lowest BCUT2D eigenvalue weighted by Gasteiger charge is -1.84. The molecule has 0 atom stereocenters. The summed E-state index contributed by atoms with van der Waals surface area (Å²) in [6, 6.07) is 0. The van der Waals surface area contributed by atoms with E-state index in [2.05, 4.69) is 0 Å². The highest BCUT2D eigenvalue weighted by molar-refractivity contribution is 5.78. The molecule has 0 aromatic carbocycles. The van der Waals surface area contributed by atoms with Crippen molar-refractivity contribution in [2.24, 2.45) is 0 Å². The Kier molecular flexibility index (Phi) is 4.46. The van der Waals surface area contributed by atoms with Gasteiger partial charge in [0.05, 0.1) is 0 Å². The van der Waals surface area contributed by atoms with Crippen molar-refractivity contribution in [3.63, 3.8) is 0 Å². The van der Waals surface area contributed by atoms with Crippen molar-refractivity contribution >= 4 is 11.6 Å². The lowest BCUT2D eigenvalue weighted by Crippen LogP contribution is -1.87. The van der Waals surface area contributed by atoms with Crippen LogP contribution in [0.4, 0.5) is 0 Å².